The van der Waals surface area contributed by atoms with Gasteiger partial charge in [-0.1, -0.05) is 64.0 Å². The Morgan fingerprint density at radius 2 is 1.57 bits per heavy atom. The van der Waals surface area contributed by atoms with Crippen LogP contribution in [0.15, 0.2) is 12.2 Å². The van der Waals surface area contributed by atoms with Crippen molar-refractivity contribution in [3.05, 3.63) is 12.2 Å². The first-order valence-electron chi connectivity index (χ1n) is 11.4. The van der Waals surface area contributed by atoms with Gasteiger partial charge in [-0.15, -0.1) is 0 Å². The van der Waals surface area contributed by atoms with Crippen LogP contribution in [-0.2, 0) is 19.1 Å². The third-order valence-corrected chi connectivity index (χ3v) is 4.69. The highest BCUT2D eigenvalue weighted by atomic mass is 16.6. The Kier molecular flexibility index (Phi) is 20.1. The minimum absolute atomic E-state index is 0.186. The van der Waals surface area contributed by atoms with Crippen LogP contribution in [0.3, 0.4) is 0 Å². The maximum absolute atomic E-state index is 11.5. The summed E-state index contributed by atoms with van der Waals surface area (Å²) in [4.78, 5) is 22.9. The molecule has 0 aromatic heterocycles. The van der Waals surface area contributed by atoms with Crippen LogP contribution in [0, 0.1) is 0 Å². The van der Waals surface area contributed by atoms with Crippen molar-refractivity contribution < 1.29 is 34.4 Å². The van der Waals surface area contributed by atoms with E-state index in [4.69, 9.17) is 14.9 Å². The van der Waals surface area contributed by atoms with E-state index in [0.29, 0.717) is 6.42 Å². The molecule has 3 N–H and O–H groups in total. The second-order valence-corrected chi connectivity index (χ2v) is 7.71. The molecule has 0 saturated heterocycles. The molecule has 0 fully saturated rings. The smallest absolute Gasteiger partial charge is 0.339 e. The first-order chi connectivity index (χ1) is 14.5. The minimum Gasteiger partial charge on any atom is -0.394 e. The Labute approximate surface area is 181 Å². The van der Waals surface area contributed by atoms with E-state index in [9.17, 15) is 14.7 Å². The second-order valence-electron chi connectivity index (χ2n) is 7.71. The van der Waals surface area contributed by atoms with Crippen molar-refractivity contribution in [1.82, 2.24) is 0 Å². The van der Waals surface area contributed by atoms with Crippen molar-refractivity contribution in [3.8, 4) is 0 Å². The number of hydrogen-bond donors (Lipinski definition) is 3. The summed E-state index contributed by atoms with van der Waals surface area (Å²) >= 11 is 0. The summed E-state index contributed by atoms with van der Waals surface area (Å²) < 4.78 is 9.45. The van der Waals surface area contributed by atoms with Crippen molar-refractivity contribution >= 4 is 11.9 Å². The Balaban J connectivity index is 3.47. The average Bonchev–Trinajstić information content (AvgIpc) is 2.72. The van der Waals surface area contributed by atoms with E-state index in [-0.39, 0.29) is 19.1 Å². The largest absolute Gasteiger partial charge is 0.394 e. The van der Waals surface area contributed by atoms with E-state index in [2.05, 4.69) is 23.8 Å². The summed E-state index contributed by atoms with van der Waals surface area (Å²) in [5, 5.41) is 27.5. The van der Waals surface area contributed by atoms with Crippen molar-refractivity contribution in [2.45, 2.75) is 103 Å². The van der Waals surface area contributed by atoms with Crippen LogP contribution in [-0.4, -0.2) is 59.3 Å². The molecule has 0 bridgehead atoms. The molecule has 7 heteroatoms. The molecule has 2 atom stereocenters. The van der Waals surface area contributed by atoms with Gasteiger partial charge in [0, 0.05) is 6.42 Å². The lowest BCUT2D eigenvalue weighted by Crippen LogP contribution is -2.23. The zero-order valence-corrected chi connectivity index (χ0v) is 18.6. The average molecular weight is 431 g/mol. The van der Waals surface area contributed by atoms with Crippen molar-refractivity contribution in [1.29, 1.82) is 0 Å². The molecule has 0 aliphatic heterocycles. The van der Waals surface area contributed by atoms with Gasteiger partial charge in [-0.3, -0.25) is 4.79 Å². The number of allylic oxidation sites excluding steroid dienone is 1. The molecule has 0 heterocycles. The van der Waals surface area contributed by atoms with Gasteiger partial charge in [-0.25, -0.2) is 4.79 Å². The predicted octanol–water partition coefficient (Wildman–Crippen LogP) is 3.43. The van der Waals surface area contributed by atoms with Gasteiger partial charge in [0.1, 0.15) is 12.7 Å². The number of aliphatic hydroxyl groups is 3. The lowest BCUT2D eigenvalue weighted by atomic mass is 10.1. The topological polar surface area (TPSA) is 113 Å². The zero-order valence-electron chi connectivity index (χ0n) is 18.6. The van der Waals surface area contributed by atoms with E-state index in [0.717, 1.165) is 51.4 Å². The normalized spacial score (nSPS) is 13.5. The maximum Gasteiger partial charge on any atom is 0.339 e. The van der Waals surface area contributed by atoms with Crippen LogP contribution in [0.5, 0.6) is 0 Å². The van der Waals surface area contributed by atoms with E-state index in [1.54, 1.807) is 0 Å². The van der Waals surface area contributed by atoms with Crippen LogP contribution in [0.25, 0.3) is 0 Å². The van der Waals surface area contributed by atoms with Crippen LogP contribution in [0.2, 0.25) is 0 Å². The van der Waals surface area contributed by atoms with E-state index >= 15 is 0 Å². The fourth-order valence-electron chi connectivity index (χ4n) is 2.90. The predicted molar refractivity (Wildman–Crippen MR) is 116 cm³/mol. The van der Waals surface area contributed by atoms with Gasteiger partial charge in [0.2, 0.25) is 0 Å². The Morgan fingerprint density at radius 1 is 0.867 bits per heavy atom. The van der Waals surface area contributed by atoms with Crippen molar-refractivity contribution in [2.75, 3.05) is 19.8 Å². The Bertz CT molecular complexity index is 451. The highest BCUT2D eigenvalue weighted by Gasteiger charge is 2.11. The van der Waals surface area contributed by atoms with Gasteiger partial charge in [0.15, 0.2) is 0 Å². The molecule has 0 amide bonds. The van der Waals surface area contributed by atoms with E-state index < -0.39 is 31.3 Å². The number of carbonyl (C=O) groups excluding carboxylic acids is 2. The SMILES string of the molecule is CCCCCC[C@@H](O)C/C=C\CCCCCCCC(=O)OC(=O)COCC(O)CO. The van der Waals surface area contributed by atoms with Gasteiger partial charge in [0.05, 0.1) is 19.3 Å². The maximum atomic E-state index is 11.5. The summed E-state index contributed by atoms with van der Waals surface area (Å²) in [6.45, 7) is 1.12. The van der Waals surface area contributed by atoms with Gasteiger partial charge >= 0.3 is 11.9 Å². The van der Waals surface area contributed by atoms with Crippen molar-refractivity contribution in [3.63, 3.8) is 0 Å². The number of ether oxygens (including phenoxy) is 2. The molecular formula is C23H42O7. The lowest BCUT2D eigenvalue weighted by Gasteiger charge is -2.07. The van der Waals surface area contributed by atoms with Gasteiger partial charge in [-0.05, 0) is 32.1 Å². The molecule has 0 rings (SSSR count). The molecular weight excluding hydrogens is 388 g/mol. The molecule has 7 nitrogen and oxygen atoms in total. The van der Waals surface area contributed by atoms with Crippen molar-refractivity contribution in [2.24, 2.45) is 0 Å². The highest BCUT2D eigenvalue weighted by molar-refractivity contribution is 5.85. The molecule has 0 aliphatic carbocycles. The minimum atomic E-state index is -1.05. The van der Waals surface area contributed by atoms with Crippen LogP contribution < -0.4 is 0 Å². The quantitative estimate of drug-likeness (QED) is 0.117. The fourth-order valence-corrected chi connectivity index (χ4v) is 2.90. The molecule has 0 aromatic carbocycles. The number of rotatable bonds is 20. The van der Waals surface area contributed by atoms with Crippen LogP contribution in [0.1, 0.15) is 90.4 Å². The number of carbonyl (C=O) groups is 2. The molecule has 0 saturated carbocycles. The third kappa shape index (κ3) is 20.0. The second kappa shape index (κ2) is 21.0. The van der Waals surface area contributed by atoms with E-state index in [1.807, 2.05) is 0 Å². The molecule has 1 unspecified atom stereocenters. The monoisotopic (exact) mass is 430 g/mol. The third-order valence-electron chi connectivity index (χ3n) is 4.69. The Hall–Kier alpha value is -1.28. The number of hydrogen-bond acceptors (Lipinski definition) is 7. The number of aliphatic hydroxyl groups excluding tert-OH is 3. The van der Waals surface area contributed by atoms with Gasteiger partial charge in [0.25, 0.3) is 0 Å². The highest BCUT2D eigenvalue weighted by Crippen LogP contribution is 2.10. The number of unbranched alkanes of at least 4 members (excludes halogenated alkanes) is 8. The standard InChI is InChI=1S/C23H42O7/c1-2-3-4-11-14-20(25)15-12-9-7-5-6-8-10-13-16-22(27)30-23(28)19-29-18-21(26)17-24/h9,12,20-21,24-26H,2-8,10-11,13-19H2,1H3/b12-9-/t20-,21?/m1/s1. The molecule has 0 radical (unpaired) electrons. The first-order valence-corrected chi connectivity index (χ1v) is 11.4. The van der Waals surface area contributed by atoms with E-state index in [1.165, 1.54) is 19.3 Å². The zero-order chi connectivity index (χ0) is 22.5. The van der Waals surface area contributed by atoms with Crippen LogP contribution in [0.4, 0.5) is 0 Å². The van der Waals surface area contributed by atoms with Gasteiger partial charge < -0.3 is 24.8 Å². The fraction of sp³-hybridized carbons (Fsp3) is 0.826. The summed E-state index contributed by atoms with van der Waals surface area (Å²) in [6.07, 6.45) is 15.3. The summed E-state index contributed by atoms with van der Waals surface area (Å²) in [5.41, 5.74) is 0. The lowest BCUT2D eigenvalue weighted by molar-refractivity contribution is -0.163. The van der Waals surface area contributed by atoms with Gasteiger partial charge in [-0.2, -0.15) is 0 Å². The summed E-state index contributed by atoms with van der Waals surface area (Å²) in [5.74, 6) is -1.36. The summed E-state index contributed by atoms with van der Waals surface area (Å²) in [6, 6.07) is 0. The summed E-state index contributed by atoms with van der Waals surface area (Å²) in [7, 11) is 0. The number of esters is 2. The molecule has 0 aromatic rings. The first kappa shape index (κ1) is 28.7. The molecule has 30 heavy (non-hydrogen) atoms. The molecule has 0 spiro atoms. The molecule has 0 aliphatic rings. The Morgan fingerprint density at radius 3 is 2.30 bits per heavy atom. The van der Waals surface area contributed by atoms with Crippen LogP contribution >= 0.6 is 0 Å². The molecule has 176 valence electrons.